The molecule has 0 saturated heterocycles. The summed E-state index contributed by atoms with van der Waals surface area (Å²) in [6, 6.07) is 12.4. The molecule has 1 amide bonds. The van der Waals surface area contributed by atoms with Crippen molar-refractivity contribution in [3.8, 4) is 11.4 Å². The maximum atomic E-state index is 12.5. The summed E-state index contributed by atoms with van der Waals surface area (Å²) in [6.45, 7) is 3.88. The van der Waals surface area contributed by atoms with Crippen LogP contribution in [0.2, 0.25) is 0 Å². The molecule has 0 bridgehead atoms. The van der Waals surface area contributed by atoms with Crippen molar-refractivity contribution in [1.82, 2.24) is 20.2 Å². The second-order valence-corrected chi connectivity index (χ2v) is 9.83. The third kappa shape index (κ3) is 5.70. The average Bonchev–Trinajstić information content (AvgIpc) is 3.50. The van der Waals surface area contributed by atoms with Gasteiger partial charge in [0.15, 0.2) is 22.6 Å². The second kappa shape index (κ2) is 10.9. The highest BCUT2D eigenvalue weighted by Gasteiger charge is 2.24. The summed E-state index contributed by atoms with van der Waals surface area (Å²) in [7, 11) is 3.81. The van der Waals surface area contributed by atoms with Crippen LogP contribution in [0.4, 0.5) is 5.88 Å². The number of nitrogens with zero attached hydrogens (tertiary/aromatic N) is 5. The van der Waals surface area contributed by atoms with E-state index < -0.39 is 0 Å². The standard InChI is InChI=1S/C25H32N6O2S/c1-17-10-12-19(13-11-17)24-28-29-25(31(24)20-8-6-5-7-9-20)34-16-22(32)27-26-18(2)21-14-15-23(33-21)30(3)4/h10-15,20H,5-9,16H2,1-4H3,(H,27,32)/b26-18+. The second-order valence-electron chi connectivity index (χ2n) is 8.89. The van der Waals surface area contributed by atoms with E-state index in [1.165, 1.54) is 36.6 Å². The van der Waals surface area contributed by atoms with E-state index in [0.717, 1.165) is 35.3 Å². The van der Waals surface area contributed by atoms with Gasteiger partial charge < -0.3 is 9.32 Å². The summed E-state index contributed by atoms with van der Waals surface area (Å²) in [5.74, 6) is 2.24. The monoisotopic (exact) mass is 480 g/mol. The van der Waals surface area contributed by atoms with Gasteiger partial charge in [-0.25, -0.2) is 5.43 Å². The first kappa shape index (κ1) is 24.1. The van der Waals surface area contributed by atoms with Crippen LogP contribution < -0.4 is 10.3 Å². The topological polar surface area (TPSA) is 88.6 Å². The minimum atomic E-state index is -0.196. The van der Waals surface area contributed by atoms with Crippen molar-refractivity contribution in [2.24, 2.45) is 5.10 Å². The lowest BCUT2D eigenvalue weighted by molar-refractivity contribution is -0.118. The zero-order valence-electron chi connectivity index (χ0n) is 20.2. The molecule has 0 aliphatic heterocycles. The first-order valence-electron chi connectivity index (χ1n) is 11.7. The Morgan fingerprint density at radius 1 is 1.15 bits per heavy atom. The maximum absolute atomic E-state index is 12.5. The highest BCUT2D eigenvalue weighted by Crippen LogP contribution is 2.35. The Labute approximate surface area is 204 Å². The van der Waals surface area contributed by atoms with Crippen LogP contribution in [0.3, 0.4) is 0 Å². The summed E-state index contributed by atoms with van der Waals surface area (Å²) in [5, 5.41) is 14.0. The number of furan rings is 1. The molecule has 2 aromatic heterocycles. The number of benzene rings is 1. The predicted octanol–water partition coefficient (Wildman–Crippen LogP) is 5.05. The highest BCUT2D eigenvalue weighted by molar-refractivity contribution is 7.99. The van der Waals surface area contributed by atoms with Gasteiger partial charge in [-0.2, -0.15) is 5.10 Å². The molecule has 1 fully saturated rings. The lowest BCUT2D eigenvalue weighted by Gasteiger charge is -2.25. The molecule has 0 radical (unpaired) electrons. The van der Waals surface area contributed by atoms with Crippen LogP contribution in [0, 0.1) is 6.92 Å². The molecular weight excluding hydrogens is 448 g/mol. The molecule has 0 atom stereocenters. The number of aryl methyl sites for hydroxylation is 1. The number of thioether (sulfide) groups is 1. The normalized spacial score (nSPS) is 14.9. The molecule has 8 nitrogen and oxygen atoms in total. The molecule has 180 valence electrons. The molecule has 1 N–H and O–H groups in total. The molecule has 9 heteroatoms. The van der Waals surface area contributed by atoms with Gasteiger partial charge in [-0.3, -0.25) is 9.36 Å². The highest BCUT2D eigenvalue weighted by atomic mass is 32.2. The van der Waals surface area contributed by atoms with E-state index in [-0.39, 0.29) is 11.7 Å². The number of hydrogen-bond donors (Lipinski definition) is 1. The number of hydrazone groups is 1. The molecule has 0 spiro atoms. The summed E-state index contributed by atoms with van der Waals surface area (Å²) in [5.41, 5.74) is 5.50. The van der Waals surface area contributed by atoms with E-state index in [4.69, 9.17) is 4.42 Å². The van der Waals surface area contributed by atoms with Crippen molar-refractivity contribution in [1.29, 1.82) is 0 Å². The van der Waals surface area contributed by atoms with Gasteiger partial charge in [-0.1, -0.05) is 60.9 Å². The minimum Gasteiger partial charge on any atom is -0.439 e. The molecule has 1 aromatic carbocycles. The van der Waals surface area contributed by atoms with Gasteiger partial charge in [0.2, 0.25) is 0 Å². The third-order valence-electron chi connectivity index (χ3n) is 5.98. The number of carbonyl (C=O) groups is 1. The van der Waals surface area contributed by atoms with E-state index in [9.17, 15) is 4.79 Å². The smallest absolute Gasteiger partial charge is 0.250 e. The average molecular weight is 481 g/mol. The van der Waals surface area contributed by atoms with Crippen LogP contribution >= 0.6 is 11.8 Å². The molecule has 1 aliphatic carbocycles. The third-order valence-corrected chi connectivity index (χ3v) is 6.93. The Balaban J connectivity index is 1.45. The van der Waals surface area contributed by atoms with E-state index in [2.05, 4.69) is 56.5 Å². The van der Waals surface area contributed by atoms with E-state index in [1.54, 1.807) is 6.92 Å². The Hall–Kier alpha value is -3.07. The van der Waals surface area contributed by atoms with Crippen molar-refractivity contribution < 1.29 is 9.21 Å². The largest absolute Gasteiger partial charge is 0.439 e. The fourth-order valence-electron chi connectivity index (χ4n) is 4.07. The maximum Gasteiger partial charge on any atom is 0.250 e. The molecule has 1 saturated carbocycles. The van der Waals surface area contributed by atoms with Gasteiger partial charge in [0.1, 0.15) is 5.71 Å². The van der Waals surface area contributed by atoms with E-state index in [0.29, 0.717) is 17.5 Å². The Kier molecular flexibility index (Phi) is 7.72. The zero-order chi connectivity index (χ0) is 24.1. The Bertz CT molecular complexity index is 1140. The van der Waals surface area contributed by atoms with Crippen molar-refractivity contribution in [3.63, 3.8) is 0 Å². The lowest BCUT2D eigenvalue weighted by atomic mass is 9.95. The number of aromatic nitrogens is 3. The van der Waals surface area contributed by atoms with Crippen LogP contribution in [0.25, 0.3) is 11.4 Å². The Morgan fingerprint density at radius 3 is 2.56 bits per heavy atom. The van der Waals surface area contributed by atoms with Crippen LogP contribution in [-0.4, -0.2) is 46.2 Å². The number of nitrogens with one attached hydrogen (secondary N) is 1. The van der Waals surface area contributed by atoms with Crippen molar-refractivity contribution >= 4 is 29.3 Å². The minimum absolute atomic E-state index is 0.196. The van der Waals surface area contributed by atoms with Crippen molar-refractivity contribution in [3.05, 3.63) is 47.7 Å². The molecule has 34 heavy (non-hydrogen) atoms. The fraction of sp³-hybridized carbons (Fsp3) is 0.440. The number of carbonyl (C=O) groups excluding carboxylic acids is 1. The summed E-state index contributed by atoms with van der Waals surface area (Å²) in [6.07, 6.45) is 5.90. The first-order chi connectivity index (χ1) is 16.4. The van der Waals surface area contributed by atoms with Crippen molar-refractivity contribution in [2.75, 3.05) is 24.7 Å². The van der Waals surface area contributed by atoms with Gasteiger partial charge in [0, 0.05) is 31.8 Å². The zero-order valence-corrected chi connectivity index (χ0v) is 21.1. The molecule has 4 rings (SSSR count). The van der Waals surface area contributed by atoms with E-state index >= 15 is 0 Å². The quantitative estimate of drug-likeness (QED) is 0.276. The van der Waals surface area contributed by atoms with Gasteiger partial charge in [-0.15, -0.1) is 10.2 Å². The number of anilines is 1. The van der Waals surface area contributed by atoms with Gasteiger partial charge in [-0.05, 0) is 32.8 Å². The first-order valence-corrected chi connectivity index (χ1v) is 12.7. The van der Waals surface area contributed by atoms with E-state index in [1.807, 2.05) is 31.1 Å². The Morgan fingerprint density at radius 2 is 1.88 bits per heavy atom. The number of rotatable bonds is 8. The fourth-order valence-corrected chi connectivity index (χ4v) is 4.87. The lowest BCUT2D eigenvalue weighted by Crippen LogP contribution is -2.22. The molecule has 3 aromatic rings. The van der Waals surface area contributed by atoms with Crippen LogP contribution in [0.15, 0.2) is 51.1 Å². The summed E-state index contributed by atoms with van der Waals surface area (Å²) < 4.78 is 7.96. The molecule has 0 unspecified atom stereocenters. The van der Waals surface area contributed by atoms with Crippen LogP contribution in [-0.2, 0) is 4.79 Å². The van der Waals surface area contributed by atoms with Crippen LogP contribution in [0.1, 0.15) is 56.4 Å². The summed E-state index contributed by atoms with van der Waals surface area (Å²) in [4.78, 5) is 14.4. The van der Waals surface area contributed by atoms with Gasteiger partial charge in [0.05, 0.1) is 5.75 Å². The number of amides is 1. The molecular formula is C25H32N6O2S. The van der Waals surface area contributed by atoms with Gasteiger partial charge >= 0.3 is 0 Å². The number of hydrogen-bond acceptors (Lipinski definition) is 7. The van der Waals surface area contributed by atoms with Crippen molar-refractivity contribution in [2.45, 2.75) is 57.1 Å². The van der Waals surface area contributed by atoms with Crippen LogP contribution in [0.5, 0.6) is 0 Å². The summed E-state index contributed by atoms with van der Waals surface area (Å²) >= 11 is 1.40. The SMILES string of the molecule is C/C(=N\NC(=O)CSc1nnc(-c2ccc(C)cc2)n1C1CCCCC1)c1ccc(N(C)C)o1. The predicted molar refractivity (Wildman–Crippen MR) is 136 cm³/mol. The molecule has 2 heterocycles. The molecule has 1 aliphatic rings. The van der Waals surface area contributed by atoms with Gasteiger partial charge in [0.25, 0.3) is 5.91 Å².